The summed E-state index contributed by atoms with van der Waals surface area (Å²) in [4.78, 5) is 28.7. The van der Waals surface area contributed by atoms with Crippen molar-refractivity contribution in [3.05, 3.63) is 64.6 Å². The van der Waals surface area contributed by atoms with E-state index in [0.717, 1.165) is 32.9 Å². The van der Waals surface area contributed by atoms with Crippen molar-refractivity contribution in [1.82, 2.24) is 24.9 Å². The molecular weight excluding hydrogens is 1070 g/mol. The third-order valence-corrected chi connectivity index (χ3v) is 13.8. The first-order chi connectivity index (χ1) is 34.9. The number of nitrogens with one attached hydrogen (secondary N) is 2. The molecule has 0 radical (unpaired) electrons. The Morgan fingerprint density at radius 1 is 0.644 bits per heavy atom. The molecule has 0 fully saturated rings. The number of aliphatic hydroxyl groups is 2. The minimum absolute atomic E-state index is 0.0386. The highest BCUT2D eigenvalue weighted by Crippen LogP contribution is 2.44. The van der Waals surface area contributed by atoms with E-state index < -0.39 is 25.6 Å². The topological polar surface area (TPSA) is 312 Å². The summed E-state index contributed by atoms with van der Waals surface area (Å²) in [5.74, 6) is 1.25. The largest absolute Gasteiger partial charge is 0.494 e. The van der Waals surface area contributed by atoms with Crippen molar-refractivity contribution in [1.29, 1.82) is 0 Å². The van der Waals surface area contributed by atoms with E-state index in [1.165, 1.54) is 23.5 Å². The van der Waals surface area contributed by atoms with Crippen molar-refractivity contribution in [3.8, 4) is 11.5 Å². The van der Waals surface area contributed by atoms with Gasteiger partial charge in [-0.3, -0.25) is 4.55 Å². The number of azo groups is 2. The van der Waals surface area contributed by atoms with E-state index in [1.807, 2.05) is 52.0 Å². The van der Waals surface area contributed by atoms with Crippen LogP contribution in [0.3, 0.4) is 0 Å². The van der Waals surface area contributed by atoms with Gasteiger partial charge in [-0.25, -0.2) is 9.97 Å². The number of methoxy groups -OCH3 is 2. The second-order valence-electron chi connectivity index (χ2n) is 14.8. The van der Waals surface area contributed by atoms with Crippen LogP contribution in [0.5, 0.6) is 11.5 Å². The lowest BCUT2D eigenvalue weighted by molar-refractivity contribution is 0.280. The summed E-state index contributed by atoms with van der Waals surface area (Å²) >= 11 is 14.9. The predicted molar refractivity (Wildman–Crippen MR) is 283 cm³/mol. The first-order valence-corrected chi connectivity index (χ1v) is 26.7. The molecule has 3 aromatic heterocycles. The zero-order valence-electron chi connectivity index (χ0n) is 39.8. The fraction of sp³-hybridized carbons (Fsp3) is 0.326. The quantitative estimate of drug-likeness (QED) is 0.0311. The Balaban J connectivity index is 0.00000209. The molecule has 7 aromatic rings. The smallest absolute Gasteiger partial charge is 0.425 e. The van der Waals surface area contributed by atoms with E-state index in [1.54, 1.807) is 37.3 Å². The molecule has 5 N–H and O–H groups in total. The molecular formula is C43H48Cl2N14O10S4. The normalized spacial score (nSPS) is 11.5. The van der Waals surface area contributed by atoms with Gasteiger partial charge in [0, 0.05) is 56.4 Å². The summed E-state index contributed by atoms with van der Waals surface area (Å²) in [5.41, 5.74) is 3.93. The summed E-state index contributed by atoms with van der Waals surface area (Å²) in [6.07, 6.45) is 0. The van der Waals surface area contributed by atoms with E-state index >= 15 is 0 Å². The zero-order valence-corrected chi connectivity index (χ0v) is 44.6. The van der Waals surface area contributed by atoms with Crippen LogP contribution in [0.15, 0.2) is 79.9 Å². The van der Waals surface area contributed by atoms with Crippen molar-refractivity contribution in [2.45, 2.75) is 32.6 Å². The lowest BCUT2D eigenvalue weighted by Crippen LogP contribution is -2.31. The molecule has 0 unspecified atom stereocenters. The van der Waals surface area contributed by atoms with Gasteiger partial charge in [-0.05, 0) is 70.2 Å². The molecule has 0 saturated heterocycles. The molecule has 30 heteroatoms. The molecule has 0 aliphatic carbocycles. The average Bonchev–Trinajstić information content (AvgIpc) is 3.95. The third-order valence-electron chi connectivity index (χ3n) is 10.5. The second-order valence-corrected chi connectivity index (χ2v) is 19.5. The van der Waals surface area contributed by atoms with Crippen molar-refractivity contribution in [2.75, 3.05) is 92.0 Å². The molecule has 0 aliphatic rings. The van der Waals surface area contributed by atoms with Crippen LogP contribution >= 0.6 is 45.9 Å². The number of hydrogen-bond donors (Lipinski definition) is 5. The Morgan fingerprint density at radius 3 is 1.55 bits per heavy atom. The Bertz CT molecular complexity index is 3370. The first-order valence-electron chi connectivity index (χ1n) is 21.9. The fourth-order valence-corrected chi connectivity index (χ4v) is 10.1. The van der Waals surface area contributed by atoms with Gasteiger partial charge in [0.2, 0.25) is 28.1 Å². The summed E-state index contributed by atoms with van der Waals surface area (Å²) in [6.45, 7) is 10.3. The molecule has 7 rings (SSSR count). The van der Waals surface area contributed by atoms with Gasteiger partial charge in [-0.15, -0.1) is 33.1 Å². The van der Waals surface area contributed by atoms with Crippen molar-refractivity contribution in [2.24, 2.45) is 20.5 Å². The monoisotopic (exact) mass is 1120 g/mol. The summed E-state index contributed by atoms with van der Waals surface area (Å²) in [5, 5.41) is 45.9. The number of halogens is 2. The third kappa shape index (κ3) is 14.2. The molecule has 0 bridgehead atoms. The standard InChI is InChI=1S/C43H48Cl2N14O7S3.O3S/c1-7-57(8-2)32-19-27(29(21-34(32)65-5)53-55-42-48-26-12-11-24(44)17-36(26)67-42)46-39-50-40(52-41(51-39)59(13-15-60)14-16-61)47-28-20-33(58(9-3)10-4)35(66-6)22-30(28)54-56-43-49-31-23-38(69(62,63)64)25(45)18-37(31)68-43;1-4(2)3/h11-12,17-23,60-61H,7-10,13-16H2,1-6H3,(H,62,63,64)(H2,46,47,50,51,52);. The minimum atomic E-state index is -4.62. The first kappa shape index (κ1) is 55.8. The van der Waals surface area contributed by atoms with Crippen LogP contribution in [0.25, 0.3) is 20.4 Å². The number of thiazole rings is 2. The maximum absolute atomic E-state index is 11.9. The number of nitrogens with zero attached hydrogens (tertiary/aromatic N) is 12. The molecule has 4 aromatic carbocycles. The van der Waals surface area contributed by atoms with Crippen LogP contribution < -0.4 is 34.8 Å². The van der Waals surface area contributed by atoms with Gasteiger partial charge in [0.25, 0.3) is 10.1 Å². The number of benzene rings is 4. The van der Waals surface area contributed by atoms with E-state index in [0.29, 0.717) is 69.6 Å². The van der Waals surface area contributed by atoms with Crippen molar-refractivity contribution >= 4 is 149 Å². The molecule has 0 spiro atoms. The number of anilines is 7. The molecule has 0 atom stereocenters. The fourth-order valence-electron chi connectivity index (χ4n) is 7.12. The highest BCUT2D eigenvalue weighted by atomic mass is 35.5. The number of hydrogen-bond acceptors (Lipinski definition) is 25. The molecule has 73 heavy (non-hydrogen) atoms. The Hall–Kier alpha value is -6.50. The lowest BCUT2D eigenvalue weighted by Gasteiger charge is -2.25. The van der Waals surface area contributed by atoms with E-state index in [-0.39, 0.29) is 65.5 Å². The summed E-state index contributed by atoms with van der Waals surface area (Å²) < 4.78 is 72.0. The molecule has 24 nitrogen and oxygen atoms in total. The molecule has 0 amide bonds. The Labute approximate surface area is 438 Å². The van der Waals surface area contributed by atoms with Crippen molar-refractivity contribution < 1.29 is 45.3 Å². The highest BCUT2D eigenvalue weighted by Gasteiger charge is 2.22. The van der Waals surface area contributed by atoms with Gasteiger partial charge in [0.15, 0.2) is 0 Å². The van der Waals surface area contributed by atoms with Gasteiger partial charge in [0.1, 0.15) is 27.8 Å². The maximum atomic E-state index is 11.9. The van der Waals surface area contributed by atoms with Crippen LogP contribution in [-0.4, -0.2) is 127 Å². The molecule has 388 valence electrons. The van der Waals surface area contributed by atoms with Crippen LogP contribution in [0.4, 0.5) is 62.2 Å². The number of aliphatic hydroxyl groups excluding tert-OH is 2. The van der Waals surface area contributed by atoms with Crippen LogP contribution in [-0.2, 0) is 20.7 Å². The van der Waals surface area contributed by atoms with Gasteiger partial charge >= 0.3 is 10.6 Å². The number of fused-ring (bicyclic) bond motifs is 2. The van der Waals surface area contributed by atoms with E-state index in [4.69, 9.17) is 60.3 Å². The Kier molecular flexibility index (Phi) is 19.4. The van der Waals surface area contributed by atoms with Crippen molar-refractivity contribution in [3.63, 3.8) is 0 Å². The maximum Gasteiger partial charge on any atom is 0.425 e. The van der Waals surface area contributed by atoms with Gasteiger partial charge in [-0.2, -0.15) is 23.4 Å². The summed E-state index contributed by atoms with van der Waals surface area (Å²) in [7, 11) is -4.60. The highest BCUT2D eigenvalue weighted by molar-refractivity contribution is 7.86. The van der Waals surface area contributed by atoms with Crippen LogP contribution in [0, 0.1) is 0 Å². The Morgan fingerprint density at radius 2 is 1.11 bits per heavy atom. The van der Waals surface area contributed by atoms with E-state index in [9.17, 15) is 23.2 Å². The van der Waals surface area contributed by atoms with Gasteiger partial charge in [0.05, 0.1) is 75.6 Å². The SMILES string of the molecule is CCN(CC)c1cc(Nc2nc(Nc3cc(N(CC)CC)c(OC)cc3N=Nc3nc4cc(S(=O)(=O)O)c(Cl)cc4s3)nc(N(CCO)CCO)n2)c(N=Nc2nc3ccc(Cl)cc3s2)cc1OC.O=S(=O)=O. The minimum Gasteiger partial charge on any atom is -0.494 e. The van der Waals surface area contributed by atoms with Gasteiger partial charge in [-0.1, -0.05) is 45.9 Å². The van der Waals surface area contributed by atoms with E-state index in [2.05, 4.69) is 50.9 Å². The number of rotatable bonds is 22. The lowest BCUT2D eigenvalue weighted by atomic mass is 10.2. The van der Waals surface area contributed by atoms with Crippen LogP contribution in [0.2, 0.25) is 10.0 Å². The molecule has 0 aliphatic heterocycles. The molecule has 3 heterocycles. The molecule has 0 saturated carbocycles. The van der Waals surface area contributed by atoms with Crippen LogP contribution in [0.1, 0.15) is 27.7 Å². The number of ether oxygens (including phenoxy) is 2. The summed E-state index contributed by atoms with van der Waals surface area (Å²) in [6, 6.07) is 15.1. The zero-order chi connectivity index (χ0) is 53.0. The predicted octanol–water partition coefficient (Wildman–Crippen LogP) is 9.46. The number of aromatic nitrogens is 5. The average molecular weight is 1120 g/mol. The van der Waals surface area contributed by atoms with Gasteiger partial charge < -0.3 is 45.0 Å². The second kappa shape index (κ2) is 25.4.